The van der Waals surface area contributed by atoms with Crippen LogP contribution < -0.4 is 10.6 Å². The van der Waals surface area contributed by atoms with Crippen molar-refractivity contribution in [1.29, 1.82) is 0 Å². The molecular weight excluding hydrogens is 408 g/mol. The molecule has 8 heteroatoms. The third-order valence-corrected chi connectivity index (χ3v) is 5.36. The second kappa shape index (κ2) is 10.1. The number of hydrogen-bond donors (Lipinski definition) is 3. The first-order chi connectivity index (χ1) is 15.7. The van der Waals surface area contributed by atoms with E-state index in [0.717, 1.165) is 28.3 Å². The van der Waals surface area contributed by atoms with Gasteiger partial charge in [0.05, 0.1) is 30.2 Å². The fourth-order valence-electron chi connectivity index (χ4n) is 3.88. The number of rotatable bonds is 8. The van der Waals surface area contributed by atoms with Gasteiger partial charge in [-0.1, -0.05) is 18.2 Å². The number of aromatic amines is 1. The van der Waals surface area contributed by atoms with E-state index < -0.39 is 6.09 Å². The van der Waals surface area contributed by atoms with Gasteiger partial charge in [-0.05, 0) is 30.7 Å². The average molecular weight is 434 g/mol. The summed E-state index contributed by atoms with van der Waals surface area (Å²) in [6.45, 7) is 0.969. The zero-order chi connectivity index (χ0) is 22.3. The summed E-state index contributed by atoms with van der Waals surface area (Å²) in [5.74, 6) is -0.0636. The smallest absolute Gasteiger partial charge is 0.407 e. The van der Waals surface area contributed by atoms with Crippen molar-refractivity contribution < 1.29 is 19.1 Å². The standard InChI is InChI=1S/C24H26N4O4/c1-31-12-11-26-24(30)32-15-16-13-19-21(20(29)14-16)23(27-18-5-3-2-4-6-18)22(28-19)17-7-9-25-10-8-17/h2-10,16,27-28H,11-15H2,1H3,(H,26,30). The highest BCUT2D eigenvalue weighted by Crippen LogP contribution is 2.39. The van der Waals surface area contributed by atoms with Crippen LogP contribution in [-0.2, 0) is 15.9 Å². The Kier molecular flexibility index (Phi) is 6.81. The fraction of sp³-hybridized carbons (Fsp3) is 0.292. The van der Waals surface area contributed by atoms with E-state index in [4.69, 9.17) is 9.47 Å². The van der Waals surface area contributed by atoms with Crippen LogP contribution in [0.5, 0.6) is 0 Å². The molecule has 1 atom stereocenters. The normalized spacial score (nSPS) is 15.2. The molecule has 3 N–H and O–H groups in total. The molecule has 0 saturated heterocycles. The Labute approximate surface area is 186 Å². The van der Waals surface area contributed by atoms with Crippen LogP contribution >= 0.6 is 0 Å². The molecule has 1 aliphatic rings. The molecule has 0 radical (unpaired) electrons. The molecule has 2 heterocycles. The maximum absolute atomic E-state index is 13.2. The minimum Gasteiger partial charge on any atom is -0.449 e. The van der Waals surface area contributed by atoms with Gasteiger partial charge in [0.25, 0.3) is 0 Å². The lowest BCUT2D eigenvalue weighted by molar-refractivity contribution is 0.0875. The number of nitrogens with zero attached hydrogens (tertiary/aromatic N) is 1. The van der Waals surface area contributed by atoms with Crippen molar-refractivity contribution in [3.05, 3.63) is 66.1 Å². The van der Waals surface area contributed by atoms with Crippen molar-refractivity contribution in [3.63, 3.8) is 0 Å². The highest BCUT2D eigenvalue weighted by Gasteiger charge is 2.32. The number of hydrogen-bond acceptors (Lipinski definition) is 6. The second-order valence-corrected chi connectivity index (χ2v) is 7.67. The maximum Gasteiger partial charge on any atom is 0.407 e. The average Bonchev–Trinajstić information content (AvgIpc) is 3.18. The van der Waals surface area contributed by atoms with Gasteiger partial charge < -0.3 is 25.1 Å². The van der Waals surface area contributed by atoms with Crippen LogP contribution in [0.1, 0.15) is 22.5 Å². The number of carbonyl (C=O) groups excluding carboxylic acids is 2. The summed E-state index contributed by atoms with van der Waals surface area (Å²) in [5.41, 5.74) is 4.95. The zero-order valence-electron chi connectivity index (χ0n) is 17.9. The highest BCUT2D eigenvalue weighted by atomic mass is 16.5. The van der Waals surface area contributed by atoms with Gasteiger partial charge in [0.2, 0.25) is 0 Å². The summed E-state index contributed by atoms with van der Waals surface area (Å²) >= 11 is 0. The number of ether oxygens (including phenoxy) is 2. The molecule has 1 aromatic carbocycles. The van der Waals surface area contributed by atoms with E-state index in [1.54, 1.807) is 19.5 Å². The molecule has 0 saturated carbocycles. The number of fused-ring (bicyclic) bond motifs is 1. The third kappa shape index (κ3) is 4.97. The number of anilines is 2. The molecule has 0 spiro atoms. The summed E-state index contributed by atoms with van der Waals surface area (Å²) in [4.78, 5) is 32.5. The number of methoxy groups -OCH3 is 1. The minimum absolute atomic E-state index is 0.0228. The summed E-state index contributed by atoms with van der Waals surface area (Å²) in [6, 6.07) is 13.6. The first kappa shape index (κ1) is 21.6. The Morgan fingerprint density at radius 1 is 1.16 bits per heavy atom. The van der Waals surface area contributed by atoms with E-state index in [2.05, 4.69) is 20.6 Å². The molecule has 3 aromatic rings. The number of alkyl carbamates (subject to hydrolysis) is 1. The molecule has 32 heavy (non-hydrogen) atoms. The van der Waals surface area contributed by atoms with Gasteiger partial charge in [0, 0.05) is 55.3 Å². The minimum atomic E-state index is -0.504. The van der Waals surface area contributed by atoms with Gasteiger partial charge in [-0.15, -0.1) is 0 Å². The maximum atomic E-state index is 13.2. The number of pyridine rings is 1. The van der Waals surface area contributed by atoms with Gasteiger partial charge in [-0.25, -0.2) is 4.79 Å². The molecular formula is C24H26N4O4. The van der Waals surface area contributed by atoms with Crippen molar-refractivity contribution in [2.75, 3.05) is 32.2 Å². The number of para-hydroxylation sites is 1. The Hall–Kier alpha value is -3.65. The van der Waals surface area contributed by atoms with Gasteiger partial charge in [0.15, 0.2) is 5.78 Å². The van der Waals surface area contributed by atoms with Crippen LogP contribution in [-0.4, -0.2) is 48.7 Å². The molecule has 0 bridgehead atoms. The molecule has 1 amide bonds. The van der Waals surface area contributed by atoms with E-state index in [1.807, 2.05) is 42.5 Å². The zero-order valence-corrected chi connectivity index (χ0v) is 17.9. The first-order valence-electron chi connectivity index (χ1n) is 10.6. The fourth-order valence-corrected chi connectivity index (χ4v) is 3.88. The van der Waals surface area contributed by atoms with Crippen molar-refractivity contribution in [3.8, 4) is 11.3 Å². The molecule has 166 valence electrons. The number of amides is 1. The number of carbonyl (C=O) groups is 2. The van der Waals surface area contributed by atoms with Crippen molar-refractivity contribution >= 4 is 23.3 Å². The van der Waals surface area contributed by atoms with E-state index in [-0.39, 0.29) is 18.3 Å². The lowest BCUT2D eigenvalue weighted by Crippen LogP contribution is -2.31. The molecule has 0 fully saturated rings. The molecule has 1 aliphatic carbocycles. The Bertz CT molecular complexity index is 1070. The quantitative estimate of drug-likeness (QED) is 0.464. The van der Waals surface area contributed by atoms with Gasteiger partial charge >= 0.3 is 6.09 Å². The number of benzene rings is 1. The van der Waals surface area contributed by atoms with Crippen LogP contribution in [0.15, 0.2) is 54.9 Å². The number of H-pyrrole nitrogens is 1. The van der Waals surface area contributed by atoms with Gasteiger partial charge in [-0.2, -0.15) is 0 Å². The molecule has 1 unspecified atom stereocenters. The van der Waals surface area contributed by atoms with E-state index >= 15 is 0 Å². The van der Waals surface area contributed by atoms with E-state index in [0.29, 0.717) is 31.6 Å². The molecule has 4 rings (SSSR count). The Morgan fingerprint density at radius 2 is 1.94 bits per heavy atom. The molecule has 2 aromatic heterocycles. The monoisotopic (exact) mass is 434 g/mol. The van der Waals surface area contributed by atoms with Crippen LogP contribution in [0.3, 0.4) is 0 Å². The lowest BCUT2D eigenvalue weighted by Gasteiger charge is -2.22. The summed E-state index contributed by atoms with van der Waals surface area (Å²) in [6.07, 6.45) is 3.87. The van der Waals surface area contributed by atoms with Crippen LogP contribution in [0.2, 0.25) is 0 Å². The van der Waals surface area contributed by atoms with Crippen LogP contribution in [0, 0.1) is 5.92 Å². The van der Waals surface area contributed by atoms with Gasteiger partial charge in [0.1, 0.15) is 0 Å². The highest BCUT2D eigenvalue weighted by molar-refractivity contribution is 6.07. The lowest BCUT2D eigenvalue weighted by atomic mass is 9.86. The first-order valence-corrected chi connectivity index (χ1v) is 10.6. The number of ketones is 1. The Balaban J connectivity index is 1.56. The SMILES string of the molecule is COCCNC(=O)OCC1CC(=O)c2c([nH]c(-c3ccncc3)c2Nc2ccccc2)C1. The number of aromatic nitrogens is 2. The van der Waals surface area contributed by atoms with E-state index in [1.165, 1.54) is 0 Å². The Morgan fingerprint density at radius 3 is 2.69 bits per heavy atom. The number of nitrogens with one attached hydrogen (secondary N) is 3. The van der Waals surface area contributed by atoms with Crippen LogP contribution in [0.25, 0.3) is 11.3 Å². The summed E-state index contributed by atoms with van der Waals surface area (Å²) < 4.78 is 10.2. The predicted molar refractivity (Wildman–Crippen MR) is 121 cm³/mol. The topological polar surface area (TPSA) is 105 Å². The van der Waals surface area contributed by atoms with Crippen molar-refractivity contribution in [2.24, 2.45) is 5.92 Å². The van der Waals surface area contributed by atoms with Crippen molar-refractivity contribution in [1.82, 2.24) is 15.3 Å². The largest absolute Gasteiger partial charge is 0.449 e. The van der Waals surface area contributed by atoms with Crippen molar-refractivity contribution in [2.45, 2.75) is 12.8 Å². The van der Waals surface area contributed by atoms with Crippen LogP contribution in [0.4, 0.5) is 16.2 Å². The second-order valence-electron chi connectivity index (χ2n) is 7.67. The van der Waals surface area contributed by atoms with Gasteiger partial charge in [-0.3, -0.25) is 9.78 Å². The van der Waals surface area contributed by atoms with E-state index in [9.17, 15) is 9.59 Å². The summed E-state index contributed by atoms with van der Waals surface area (Å²) in [7, 11) is 1.57. The molecule has 0 aliphatic heterocycles. The number of Topliss-reactive ketones (excluding diaryl/α,β-unsaturated/α-hetero) is 1. The predicted octanol–water partition coefficient (Wildman–Crippen LogP) is 3.94. The third-order valence-electron chi connectivity index (χ3n) is 5.36. The summed E-state index contributed by atoms with van der Waals surface area (Å²) in [5, 5.41) is 6.04. The molecule has 8 nitrogen and oxygen atoms in total.